The van der Waals surface area contributed by atoms with Gasteiger partial charge in [0.25, 0.3) is 5.91 Å². The van der Waals surface area contributed by atoms with Crippen LogP contribution in [0.2, 0.25) is 0 Å². The summed E-state index contributed by atoms with van der Waals surface area (Å²) in [5.74, 6) is 1.97. The molecule has 1 amide bonds. The fraction of sp³-hybridized carbons (Fsp3) is 0.688. The third-order valence-electron chi connectivity index (χ3n) is 3.88. The summed E-state index contributed by atoms with van der Waals surface area (Å²) in [4.78, 5) is 14.5. The van der Waals surface area contributed by atoms with Crippen LogP contribution in [0.15, 0.2) is 16.5 Å². The molecule has 0 spiro atoms. The quantitative estimate of drug-likeness (QED) is 0.870. The zero-order valence-corrected chi connectivity index (χ0v) is 12.7. The van der Waals surface area contributed by atoms with Gasteiger partial charge in [0.15, 0.2) is 5.76 Å². The number of rotatable bonds is 6. The highest BCUT2D eigenvalue weighted by atomic mass is 16.4. The van der Waals surface area contributed by atoms with Crippen molar-refractivity contribution in [2.45, 2.75) is 39.5 Å². The maximum atomic E-state index is 12.5. The van der Waals surface area contributed by atoms with Crippen molar-refractivity contribution in [1.29, 1.82) is 0 Å². The number of amides is 1. The van der Waals surface area contributed by atoms with E-state index in [4.69, 9.17) is 4.42 Å². The van der Waals surface area contributed by atoms with E-state index in [1.807, 2.05) is 24.0 Å². The van der Waals surface area contributed by atoms with Gasteiger partial charge in [0, 0.05) is 19.5 Å². The van der Waals surface area contributed by atoms with Crippen LogP contribution in [-0.2, 0) is 6.42 Å². The normalized spacial score (nSPS) is 19.0. The van der Waals surface area contributed by atoms with Crippen LogP contribution in [0.4, 0.5) is 0 Å². The standard InChI is InChI=1S/C16H26N2O2/c1-3-10-18(12-13-6-5-9-17-11-13)16(19)15-8-7-14(4-2)20-15/h7-8,13,17H,3-6,9-12H2,1-2H3. The number of carbonyl (C=O) groups excluding carboxylic acids is 1. The van der Waals surface area contributed by atoms with Crippen LogP contribution in [-0.4, -0.2) is 37.0 Å². The smallest absolute Gasteiger partial charge is 0.289 e. The molecule has 1 unspecified atom stereocenters. The van der Waals surface area contributed by atoms with Crippen LogP contribution in [0.5, 0.6) is 0 Å². The van der Waals surface area contributed by atoms with Crippen LogP contribution in [0.25, 0.3) is 0 Å². The van der Waals surface area contributed by atoms with Crippen molar-refractivity contribution in [3.8, 4) is 0 Å². The number of aryl methyl sites for hydroxylation is 1. The van der Waals surface area contributed by atoms with Crippen LogP contribution in [0.1, 0.15) is 49.4 Å². The lowest BCUT2D eigenvalue weighted by Crippen LogP contribution is -2.41. The largest absolute Gasteiger partial charge is 0.456 e. The van der Waals surface area contributed by atoms with Gasteiger partial charge in [0.1, 0.15) is 5.76 Å². The second-order valence-corrected chi connectivity index (χ2v) is 5.58. The molecule has 1 atom stereocenters. The molecule has 4 nitrogen and oxygen atoms in total. The van der Waals surface area contributed by atoms with Crippen molar-refractivity contribution >= 4 is 5.91 Å². The van der Waals surface area contributed by atoms with E-state index in [1.54, 1.807) is 0 Å². The molecule has 0 saturated carbocycles. The van der Waals surface area contributed by atoms with Gasteiger partial charge >= 0.3 is 0 Å². The predicted octanol–water partition coefficient (Wildman–Crippen LogP) is 2.69. The summed E-state index contributed by atoms with van der Waals surface area (Å²) in [6.07, 6.45) is 4.22. The van der Waals surface area contributed by atoms with Crippen molar-refractivity contribution in [1.82, 2.24) is 10.2 Å². The summed E-state index contributed by atoms with van der Waals surface area (Å²) in [6.45, 7) is 7.91. The molecule has 1 aliphatic rings. The molecule has 0 bridgehead atoms. The average Bonchev–Trinajstić information content (AvgIpc) is 2.96. The molecule has 2 heterocycles. The van der Waals surface area contributed by atoms with E-state index >= 15 is 0 Å². The number of piperidine rings is 1. The summed E-state index contributed by atoms with van der Waals surface area (Å²) in [6, 6.07) is 3.71. The lowest BCUT2D eigenvalue weighted by molar-refractivity contribution is 0.0685. The highest BCUT2D eigenvalue weighted by Gasteiger charge is 2.23. The predicted molar refractivity (Wildman–Crippen MR) is 79.9 cm³/mol. The first-order valence-corrected chi connectivity index (χ1v) is 7.83. The number of hydrogen-bond donors (Lipinski definition) is 1. The molecule has 1 aromatic heterocycles. The monoisotopic (exact) mass is 278 g/mol. The van der Waals surface area contributed by atoms with Gasteiger partial charge in [-0.15, -0.1) is 0 Å². The second kappa shape index (κ2) is 7.48. The van der Waals surface area contributed by atoms with Crippen LogP contribution in [0.3, 0.4) is 0 Å². The third-order valence-corrected chi connectivity index (χ3v) is 3.88. The summed E-state index contributed by atoms with van der Waals surface area (Å²) in [5, 5.41) is 3.41. The molecular formula is C16H26N2O2. The number of hydrogen-bond acceptors (Lipinski definition) is 3. The fourth-order valence-electron chi connectivity index (χ4n) is 2.78. The zero-order valence-electron chi connectivity index (χ0n) is 12.7. The third kappa shape index (κ3) is 3.85. The molecule has 0 aromatic carbocycles. The van der Waals surface area contributed by atoms with E-state index in [9.17, 15) is 4.79 Å². The van der Waals surface area contributed by atoms with E-state index in [-0.39, 0.29) is 5.91 Å². The second-order valence-electron chi connectivity index (χ2n) is 5.58. The molecule has 2 rings (SSSR count). The average molecular weight is 278 g/mol. The van der Waals surface area contributed by atoms with Crippen LogP contribution >= 0.6 is 0 Å². The van der Waals surface area contributed by atoms with Crippen molar-refractivity contribution < 1.29 is 9.21 Å². The Balaban J connectivity index is 2.00. The minimum Gasteiger partial charge on any atom is -0.456 e. The SMILES string of the molecule is CCCN(CC1CCCNC1)C(=O)c1ccc(CC)o1. The van der Waals surface area contributed by atoms with Gasteiger partial charge in [-0.3, -0.25) is 4.79 Å². The van der Waals surface area contributed by atoms with Crippen LogP contribution in [0, 0.1) is 5.92 Å². The number of nitrogens with zero attached hydrogens (tertiary/aromatic N) is 1. The van der Waals surface area contributed by atoms with Gasteiger partial charge in [0.2, 0.25) is 0 Å². The van der Waals surface area contributed by atoms with Crippen LogP contribution < -0.4 is 5.32 Å². The first-order chi connectivity index (χ1) is 9.74. The highest BCUT2D eigenvalue weighted by molar-refractivity contribution is 5.91. The molecular weight excluding hydrogens is 252 g/mol. The molecule has 1 fully saturated rings. The molecule has 0 aliphatic carbocycles. The first-order valence-electron chi connectivity index (χ1n) is 7.83. The number of nitrogens with one attached hydrogen (secondary N) is 1. The molecule has 1 aliphatic heterocycles. The minimum absolute atomic E-state index is 0.0390. The van der Waals surface area contributed by atoms with E-state index in [0.717, 1.165) is 44.8 Å². The van der Waals surface area contributed by atoms with Crippen molar-refractivity contribution in [2.24, 2.45) is 5.92 Å². The van der Waals surface area contributed by atoms with Gasteiger partial charge in [-0.25, -0.2) is 0 Å². The summed E-state index contributed by atoms with van der Waals surface area (Å²) in [7, 11) is 0. The van der Waals surface area contributed by atoms with E-state index < -0.39 is 0 Å². The lowest BCUT2D eigenvalue weighted by Gasteiger charge is -2.29. The van der Waals surface area contributed by atoms with Gasteiger partial charge in [-0.1, -0.05) is 13.8 Å². The summed E-state index contributed by atoms with van der Waals surface area (Å²) < 4.78 is 5.60. The van der Waals surface area contributed by atoms with Gasteiger partial charge < -0.3 is 14.6 Å². The highest BCUT2D eigenvalue weighted by Crippen LogP contribution is 2.16. The minimum atomic E-state index is 0.0390. The van der Waals surface area contributed by atoms with E-state index in [1.165, 1.54) is 12.8 Å². The van der Waals surface area contributed by atoms with Gasteiger partial charge in [0.05, 0.1) is 0 Å². The Bertz CT molecular complexity index is 422. The zero-order chi connectivity index (χ0) is 14.4. The Morgan fingerprint density at radius 2 is 2.30 bits per heavy atom. The van der Waals surface area contributed by atoms with Crippen molar-refractivity contribution in [2.75, 3.05) is 26.2 Å². The Morgan fingerprint density at radius 3 is 2.90 bits per heavy atom. The lowest BCUT2D eigenvalue weighted by atomic mass is 9.99. The number of carbonyl (C=O) groups is 1. The Labute approximate surface area is 121 Å². The fourth-order valence-corrected chi connectivity index (χ4v) is 2.78. The maximum absolute atomic E-state index is 12.5. The van der Waals surface area contributed by atoms with E-state index in [0.29, 0.717) is 11.7 Å². The Hall–Kier alpha value is -1.29. The first kappa shape index (κ1) is 15.1. The topological polar surface area (TPSA) is 45.5 Å². The van der Waals surface area contributed by atoms with Gasteiger partial charge in [-0.2, -0.15) is 0 Å². The van der Waals surface area contributed by atoms with E-state index in [2.05, 4.69) is 12.2 Å². The maximum Gasteiger partial charge on any atom is 0.289 e. The Morgan fingerprint density at radius 1 is 1.45 bits per heavy atom. The molecule has 1 aromatic rings. The molecule has 4 heteroatoms. The molecule has 1 saturated heterocycles. The summed E-state index contributed by atoms with van der Waals surface area (Å²) in [5.41, 5.74) is 0. The molecule has 0 radical (unpaired) electrons. The number of furan rings is 1. The molecule has 20 heavy (non-hydrogen) atoms. The Kier molecular flexibility index (Phi) is 5.65. The van der Waals surface area contributed by atoms with Gasteiger partial charge in [-0.05, 0) is 50.4 Å². The molecule has 112 valence electrons. The van der Waals surface area contributed by atoms with Crippen molar-refractivity contribution in [3.05, 3.63) is 23.7 Å². The summed E-state index contributed by atoms with van der Waals surface area (Å²) >= 11 is 0. The van der Waals surface area contributed by atoms with Crippen molar-refractivity contribution in [3.63, 3.8) is 0 Å². The molecule has 1 N–H and O–H groups in total.